The van der Waals surface area contributed by atoms with Crippen molar-refractivity contribution in [1.29, 1.82) is 0 Å². The van der Waals surface area contributed by atoms with Crippen LogP contribution in [0.25, 0.3) is 0 Å². The van der Waals surface area contributed by atoms with Crippen molar-refractivity contribution in [3.05, 3.63) is 46.7 Å². The zero-order valence-corrected chi connectivity index (χ0v) is 16.8. The van der Waals surface area contributed by atoms with Crippen molar-refractivity contribution in [1.82, 2.24) is 4.90 Å². The maximum absolute atomic E-state index is 12.9. The van der Waals surface area contributed by atoms with E-state index >= 15 is 0 Å². The van der Waals surface area contributed by atoms with Crippen LogP contribution in [-0.4, -0.2) is 43.9 Å². The highest BCUT2D eigenvalue weighted by atomic mass is 16.7. The van der Waals surface area contributed by atoms with E-state index in [9.17, 15) is 9.59 Å². The lowest BCUT2D eigenvalue weighted by Gasteiger charge is -2.45. The molecule has 0 unspecified atom stereocenters. The van der Waals surface area contributed by atoms with Crippen LogP contribution in [0.5, 0.6) is 11.5 Å². The molecule has 0 radical (unpaired) electrons. The van der Waals surface area contributed by atoms with Gasteiger partial charge in [0.15, 0.2) is 11.5 Å². The largest absolute Gasteiger partial charge is 0.463 e. The second-order valence-corrected chi connectivity index (χ2v) is 6.70. The molecule has 150 valence electrons. The number of carbonyl (C=O) groups is 2. The Morgan fingerprint density at radius 2 is 1.75 bits per heavy atom. The van der Waals surface area contributed by atoms with Crippen LogP contribution in [-0.2, 0) is 24.6 Å². The summed E-state index contributed by atoms with van der Waals surface area (Å²) >= 11 is 0. The molecule has 3 rings (SSSR count). The van der Waals surface area contributed by atoms with Gasteiger partial charge in [-0.1, -0.05) is 6.07 Å². The van der Waals surface area contributed by atoms with Gasteiger partial charge in [0.1, 0.15) is 0 Å². The van der Waals surface area contributed by atoms with Crippen LogP contribution >= 0.6 is 0 Å². The van der Waals surface area contributed by atoms with Gasteiger partial charge in [-0.25, -0.2) is 9.59 Å². The molecule has 28 heavy (non-hydrogen) atoms. The van der Waals surface area contributed by atoms with Crippen molar-refractivity contribution in [2.45, 2.75) is 33.2 Å². The number of nitrogens with zero attached hydrogens (tertiary/aromatic N) is 1. The van der Waals surface area contributed by atoms with E-state index in [1.54, 1.807) is 19.9 Å². The Morgan fingerprint density at radius 1 is 1.11 bits per heavy atom. The van der Waals surface area contributed by atoms with Crippen LogP contribution in [0.1, 0.15) is 33.3 Å². The quantitative estimate of drug-likeness (QED) is 0.719. The Bertz CT molecular complexity index is 872. The zero-order valence-electron chi connectivity index (χ0n) is 16.8. The minimum atomic E-state index is -0.868. The van der Waals surface area contributed by atoms with Crippen LogP contribution < -0.4 is 9.47 Å². The molecular formula is C21H25NO6. The van der Waals surface area contributed by atoms with Crippen LogP contribution in [0.15, 0.2) is 41.1 Å². The molecule has 0 aromatic heterocycles. The lowest BCUT2D eigenvalue weighted by molar-refractivity contribution is -0.140. The summed E-state index contributed by atoms with van der Waals surface area (Å²) in [5.74, 6) is 0.324. The summed E-state index contributed by atoms with van der Waals surface area (Å²) in [5, 5.41) is 0. The molecule has 1 atom stereocenters. The predicted molar refractivity (Wildman–Crippen MR) is 102 cm³/mol. The summed E-state index contributed by atoms with van der Waals surface area (Å²) in [4.78, 5) is 27.2. The van der Waals surface area contributed by atoms with Crippen molar-refractivity contribution >= 4 is 11.9 Å². The molecule has 0 fully saturated rings. The summed E-state index contributed by atoms with van der Waals surface area (Å²) in [6, 6.07) is 5.56. The number of fused-ring (bicyclic) bond motifs is 1. The van der Waals surface area contributed by atoms with E-state index in [1.165, 1.54) is 0 Å². The Kier molecular flexibility index (Phi) is 5.36. The van der Waals surface area contributed by atoms with Gasteiger partial charge in [-0.05, 0) is 51.5 Å². The Labute approximate surface area is 164 Å². The standard InChI is InChI=1S/C21H25NO6/c1-6-25-19(23)15-11-16(20(24)26-7-2)21(4,22(5)13(15)3)14-8-9-17-18(10-14)28-12-27-17/h8-11H,6-7,12H2,1-5H3/t21-/m0/s1. The molecule has 7 heteroatoms. The molecule has 0 bridgehead atoms. The fraction of sp³-hybridized carbons (Fsp3) is 0.429. The molecule has 0 spiro atoms. The minimum absolute atomic E-state index is 0.165. The van der Waals surface area contributed by atoms with Crippen molar-refractivity contribution in [3.63, 3.8) is 0 Å². The van der Waals surface area contributed by atoms with E-state index in [4.69, 9.17) is 18.9 Å². The fourth-order valence-corrected chi connectivity index (χ4v) is 3.52. The maximum atomic E-state index is 12.9. The van der Waals surface area contributed by atoms with E-state index in [0.717, 1.165) is 5.56 Å². The first kappa shape index (κ1) is 19.8. The summed E-state index contributed by atoms with van der Waals surface area (Å²) in [5.41, 5.74) is 1.34. The number of ether oxygens (including phenoxy) is 4. The van der Waals surface area contributed by atoms with Gasteiger partial charge in [0.25, 0.3) is 0 Å². The number of hydrogen-bond acceptors (Lipinski definition) is 7. The lowest BCUT2D eigenvalue weighted by Crippen LogP contribution is -2.47. The Hall–Kier alpha value is -2.96. The van der Waals surface area contributed by atoms with Crippen molar-refractivity contribution in [2.75, 3.05) is 27.1 Å². The summed E-state index contributed by atoms with van der Waals surface area (Å²) < 4.78 is 21.4. The first-order chi connectivity index (χ1) is 13.3. The molecule has 0 aliphatic carbocycles. The van der Waals surface area contributed by atoms with E-state index < -0.39 is 17.5 Å². The van der Waals surface area contributed by atoms with E-state index in [1.807, 2.05) is 44.0 Å². The molecule has 2 aliphatic rings. The van der Waals surface area contributed by atoms with Crippen molar-refractivity contribution in [2.24, 2.45) is 0 Å². The molecule has 7 nitrogen and oxygen atoms in total. The zero-order chi connectivity index (χ0) is 20.5. The second-order valence-electron chi connectivity index (χ2n) is 6.70. The number of esters is 2. The van der Waals surface area contributed by atoms with Gasteiger partial charge in [0.2, 0.25) is 6.79 Å². The molecule has 1 aromatic carbocycles. The van der Waals surface area contributed by atoms with E-state index in [2.05, 4.69) is 0 Å². The first-order valence-corrected chi connectivity index (χ1v) is 9.25. The highest BCUT2D eigenvalue weighted by Crippen LogP contribution is 2.45. The third kappa shape index (κ3) is 3.10. The van der Waals surface area contributed by atoms with Gasteiger partial charge in [-0.2, -0.15) is 0 Å². The molecule has 2 aliphatic heterocycles. The van der Waals surface area contributed by atoms with Gasteiger partial charge >= 0.3 is 11.9 Å². The summed E-state index contributed by atoms with van der Waals surface area (Å²) in [6.45, 7) is 7.88. The molecule has 1 aromatic rings. The van der Waals surface area contributed by atoms with Crippen LogP contribution in [0.3, 0.4) is 0 Å². The average molecular weight is 387 g/mol. The molecule has 0 saturated heterocycles. The number of benzene rings is 1. The molecule has 2 heterocycles. The molecule has 0 N–H and O–H groups in total. The predicted octanol–water partition coefficient (Wildman–Crippen LogP) is 2.90. The summed E-state index contributed by atoms with van der Waals surface area (Å²) in [7, 11) is 1.84. The second kappa shape index (κ2) is 7.58. The van der Waals surface area contributed by atoms with E-state index in [0.29, 0.717) is 28.3 Å². The topological polar surface area (TPSA) is 74.3 Å². The normalized spacial score (nSPS) is 20.8. The van der Waals surface area contributed by atoms with Crippen LogP contribution in [0, 0.1) is 0 Å². The third-order valence-electron chi connectivity index (χ3n) is 5.30. The van der Waals surface area contributed by atoms with Gasteiger partial charge in [0, 0.05) is 12.7 Å². The van der Waals surface area contributed by atoms with E-state index in [-0.39, 0.29) is 20.0 Å². The van der Waals surface area contributed by atoms with Crippen LogP contribution in [0.2, 0.25) is 0 Å². The van der Waals surface area contributed by atoms with Gasteiger partial charge in [-0.15, -0.1) is 0 Å². The smallest absolute Gasteiger partial charge is 0.339 e. The number of hydrogen-bond donors (Lipinski definition) is 0. The average Bonchev–Trinajstić information content (AvgIpc) is 3.14. The lowest BCUT2D eigenvalue weighted by atomic mass is 9.78. The highest BCUT2D eigenvalue weighted by Gasteiger charge is 2.44. The molecule has 0 saturated carbocycles. The SMILES string of the molecule is CCOC(=O)C1=CC(C(=O)OCC)=C(C)N(C)[C@@]1(C)c1ccc2c(c1)OCO2. The number of rotatable bonds is 5. The van der Waals surface area contributed by atoms with Gasteiger partial charge < -0.3 is 23.8 Å². The third-order valence-corrected chi connectivity index (χ3v) is 5.30. The van der Waals surface area contributed by atoms with Crippen LogP contribution in [0.4, 0.5) is 0 Å². The van der Waals surface area contributed by atoms with Gasteiger partial charge in [-0.3, -0.25) is 0 Å². The molecular weight excluding hydrogens is 362 g/mol. The van der Waals surface area contributed by atoms with Gasteiger partial charge in [0.05, 0.1) is 29.9 Å². The summed E-state index contributed by atoms with van der Waals surface area (Å²) in [6.07, 6.45) is 1.58. The number of carbonyl (C=O) groups excluding carboxylic acids is 2. The number of allylic oxidation sites excluding steroid dienone is 1. The Balaban J connectivity index is 2.15. The number of likely N-dealkylation sites (N-methyl/N-ethyl adjacent to an activating group) is 1. The molecule has 0 amide bonds. The van der Waals surface area contributed by atoms with Crippen molar-refractivity contribution in [3.8, 4) is 11.5 Å². The monoisotopic (exact) mass is 387 g/mol. The highest BCUT2D eigenvalue weighted by molar-refractivity contribution is 5.99. The van der Waals surface area contributed by atoms with Crippen molar-refractivity contribution < 1.29 is 28.5 Å². The minimum Gasteiger partial charge on any atom is -0.463 e. The Morgan fingerprint density at radius 3 is 2.43 bits per heavy atom. The fourth-order valence-electron chi connectivity index (χ4n) is 3.52. The first-order valence-electron chi connectivity index (χ1n) is 9.25. The maximum Gasteiger partial charge on any atom is 0.339 e.